The molecular formula is C27H22O9. The number of ether oxygens (including phenoxy) is 6. The lowest BCUT2D eigenvalue weighted by molar-refractivity contribution is -0.130. The molecule has 3 aromatic rings. The Labute approximate surface area is 206 Å². The summed E-state index contributed by atoms with van der Waals surface area (Å²) in [5.41, 5.74) is 1.18. The van der Waals surface area contributed by atoms with Gasteiger partial charge in [0.2, 0.25) is 19.3 Å². The Morgan fingerprint density at radius 3 is 2.22 bits per heavy atom. The average molecular weight is 490 g/mol. The van der Waals surface area contributed by atoms with E-state index in [1.165, 1.54) is 14.2 Å². The van der Waals surface area contributed by atoms with Gasteiger partial charge in [0.25, 0.3) is 0 Å². The van der Waals surface area contributed by atoms with Gasteiger partial charge >= 0.3 is 5.97 Å². The highest BCUT2D eigenvalue weighted by molar-refractivity contribution is 6.26. The van der Waals surface area contributed by atoms with Gasteiger partial charge in [-0.1, -0.05) is 6.07 Å². The van der Waals surface area contributed by atoms with Gasteiger partial charge in [-0.3, -0.25) is 4.79 Å². The largest absolute Gasteiger partial charge is 0.497 e. The summed E-state index contributed by atoms with van der Waals surface area (Å²) in [4.78, 5) is 26.4. The van der Waals surface area contributed by atoms with Gasteiger partial charge in [-0.25, -0.2) is 4.79 Å². The SMILES string of the molecule is COc1ccc(C(=O)/C(Cc2cc(OC)c3c(c2)OCO3)=C(\C(=O)O)c2ccc3c(c2)OCO3)cc1. The fourth-order valence-electron chi connectivity index (χ4n) is 4.17. The second-order valence-corrected chi connectivity index (χ2v) is 7.99. The van der Waals surface area contributed by atoms with Gasteiger partial charge in [0.05, 0.1) is 19.8 Å². The number of carboxylic acid groups (broad SMARTS) is 1. The molecule has 9 nitrogen and oxygen atoms in total. The summed E-state index contributed by atoms with van der Waals surface area (Å²) < 4.78 is 32.4. The summed E-state index contributed by atoms with van der Waals surface area (Å²) in [6, 6.07) is 14.7. The smallest absolute Gasteiger partial charge is 0.336 e. The van der Waals surface area contributed by atoms with Crippen molar-refractivity contribution in [1.82, 2.24) is 0 Å². The number of carboxylic acids is 1. The standard InChI is InChI=1S/C27H22O9/c1-31-18-6-3-16(4-7-18)25(28)19(9-15-10-22(32-2)26-23(11-15)35-14-36-26)24(27(29)30)17-5-8-20-21(12-17)34-13-33-20/h3-8,10-12H,9,13-14H2,1-2H3,(H,29,30)/b24-19-. The molecule has 0 atom stereocenters. The average Bonchev–Trinajstić information content (AvgIpc) is 3.56. The van der Waals surface area contributed by atoms with Crippen LogP contribution < -0.4 is 28.4 Å². The molecule has 0 spiro atoms. The third-order valence-electron chi connectivity index (χ3n) is 5.90. The zero-order chi connectivity index (χ0) is 25.2. The molecule has 0 saturated carbocycles. The van der Waals surface area contributed by atoms with Crippen LogP contribution in [0.5, 0.6) is 34.5 Å². The first-order valence-electron chi connectivity index (χ1n) is 11.0. The van der Waals surface area contributed by atoms with Gasteiger partial charge in [-0.15, -0.1) is 0 Å². The maximum atomic E-state index is 13.8. The van der Waals surface area contributed by atoms with E-state index < -0.39 is 11.8 Å². The molecule has 2 aliphatic rings. The number of hydrogen-bond acceptors (Lipinski definition) is 8. The number of ketones is 1. The second kappa shape index (κ2) is 9.53. The Hall–Kier alpha value is -4.66. The van der Waals surface area contributed by atoms with Crippen LogP contribution in [0.3, 0.4) is 0 Å². The van der Waals surface area contributed by atoms with Crippen molar-refractivity contribution in [3.63, 3.8) is 0 Å². The predicted molar refractivity (Wildman–Crippen MR) is 127 cm³/mol. The first-order chi connectivity index (χ1) is 17.5. The Kier molecular flexibility index (Phi) is 6.12. The van der Waals surface area contributed by atoms with E-state index in [1.807, 2.05) is 0 Å². The lowest BCUT2D eigenvalue weighted by atomic mass is 9.89. The van der Waals surface area contributed by atoms with Gasteiger partial charge < -0.3 is 33.5 Å². The Balaban J connectivity index is 1.66. The van der Waals surface area contributed by atoms with Crippen LogP contribution in [-0.2, 0) is 11.2 Å². The van der Waals surface area contributed by atoms with Gasteiger partial charge in [0.1, 0.15) is 5.75 Å². The van der Waals surface area contributed by atoms with Crippen LogP contribution in [0, 0.1) is 0 Å². The molecule has 9 heteroatoms. The van der Waals surface area contributed by atoms with Crippen LogP contribution in [0.25, 0.3) is 5.57 Å². The van der Waals surface area contributed by atoms with Crippen molar-refractivity contribution in [3.8, 4) is 34.5 Å². The predicted octanol–water partition coefficient (Wildman–Crippen LogP) is 4.13. The minimum atomic E-state index is -1.25. The van der Waals surface area contributed by atoms with E-state index in [4.69, 9.17) is 28.4 Å². The van der Waals surface area contributed by atoms with Crippen LogP contribution >= 0.6 is 0 Å². The zero-order valence-corrected chi connectivity index (χ0v) is 19.5. The number of fused-ring (bicyclic) bond motifs is 2. The van der Waals surface area contributed by atoms with E-state index in [0.29, 0.717) is 51.2 Å². The maximum Gasteiger partial charge on any atom is 0.336 e. The molecule has 3 aromatic carbocycles. The first kappa shape index (κ1) is 23.1. The van der Waals surface area contributed by atoms with Crippen molar-refractivity contribution in [2.24, 2.45) is 0 Å². The number of Topliss-reactive ketones (excluding diaryl/α,β-unsaturated/α-hetero) is 1. The fraction of sp³-hybridized carbons (Fsp3) is 0.185. The lowest BCUT2D eigenvalue weighted by Crippen LogP contribution is -2.14. The Morgan fingerprint density at radius 2 is 1.50 bits per heavy atom. The van der Waals surface area contributed by atoms with Crippen molar-refractivity contribution >= 4 is 17.3 Å². The molecule has 2 heterocycles. The minimum absolute atomic E-state index is 0.00601. The molecule has 1 N–H and O–H groups in total. The highest BCUT2D eigenvalue weighted by atomic mass is 16.7. The highest BCUT2D eigenvalue weighted by Crippen LogP contribution is 2.43. The number of carbonyl (C=O) groups is 2. The molecule has 0 amide bonds. The molecule has 0 fully saturated rings. The van der Waals surface area contributed by atoms with Crippen molar-refractivity contribution in [1.29, 1.82) is 0 Å². The number of rotatable bonds is 8. The summed E-state index contributed by atoms with van der Waals surface area (Å²) in [5.74, 6) is 1.15. The number of aliphatic carboxylic acids is 1. The minimum Gasteiger partial charge on any atom is -0.497 e. The normalized spacial score (nSPS) is 13.7. The van der Waals surface area contributed by atoms with Crippen LogP contribution in [0.1, 0.15) is 21.5 Å². The molecule has 0 radical (unpaired) electrons. The molecule has 0 unspecified atom stereocenters. The van der Waals surface area contributed by atoms with Crippen LogP contribution in [0.15, 0.2) is 60.2 Å². The number of methoxy groups -OCH3 is 2. The van der Waals surface area contributed by atoms with Crippen LogP contribution in [0.4, 0.5) is 0 Å². The Morgan fingerprint density at radius 1 is 0.806 bits per heavy atom. The summed E-state index contributed by atoms with van der Waals surface area (Å²) in [7, 11) is 3.02. The molecule has 0 bridgehead atoms. The maximum absolute atomic E-state index is 13.8. The molecule has 5 rings (SSSR count). The number of carbonyl (C=O) groups excluding carboxylic acids is 1. The molecular weight excluding hydrogens is 468 g/mol. The molecule has 2 aliphatic heterocycles. The van der Waals surface area contributed by atoms with Crippen LogP contribution in [0.2, 0.25) is 0 Å². The van der Waals surface area contributed by atoms with Crippen molar-refractivity contribution in [2.45, 2.75) is 6.42 Å². The summed E-state index contributed by atoms with van der Waals surface area (Å²) in [6.07, 6.45) is -0.00601. The lowest BCUT2D eigenvalue weighted by Gasteiger charge is -2.15. The molecule has 0 aliphatic carbocycles. The number of allylic oxidation sites excluding steroid dienone is 1. The van der Waals surface area contributed by atoms with Gasteiger partial charge in [-0.05, 0) is 59.7 Å². The first-order valence-corrected chi connectivity index (χ1v) is 11.0. The summed E-state index contributed by atoms with van der Waals surface area (Å²) >= 11 is 0. The van der Waals surface area contributed by atoms with Crippen molar-refractivity contribution < 1.29 is 43.1 Å². The van der Waals surface area contributed by atoms with E-state index in [-0.39, 0.29) is 31.2 Å². The quantitative estimate of drug-likeness (QED) is 0.368. The van der Waals surface area contributed by atoms with Crippen LogP contribution in [-0.4, -0.2) is 44.7 Å². The topological polar surface area (TPSA) is 110 Å². The van der Waals surface area contributed by atoms with Gasteiger partial charge in [-0.2, -0.15) is 0 Å². The van der Waals surface area contributed by atoms with Gasteiger partial charge in [0.15, 0.2) is 28.8 Å². The van der Waals surface area contributed by atoms with Crippen molar-refractivity contribution in [2.75, 3.05) is 27.8 Å². The van der Waals surface area contributed by atoms with E-state index in [1.54, 1.807) is 54.6 Å². The Bertz CT molecular complexity index is 1370. The molecule has 0 aromatic heterocycles. The number of benzene rings is 3. The molecule has 184 valence electrons. The fourth-order valence-corrected chi connectivity index (χ4v) is 4.17. The third kappa shape index (κ3) is 4.26. The van der Waals surface area contributed by atoms with E-state index in [2.05, 4.69) is 0 Å². The van der Waals surface area contributed by atoms with E-state index in [9.17, 15) is 14.7 Å². The van der Waals surface area contributed by atoms with Crippen molar-refractivity contribution in [3.05, 3.63) is 76.9 Å². The van der Waals surface area contributed by atoms with E-state index >= 15 is 0 Å². The molecule has 0 saturated heterocycles. The highest BCUT2D eigenvalue weighted by Gasteiger charge is 2.27. The summed E-state index contributed by atoms with van der Waals surface area (Å²) in [6.45, 7) is 0.0831. The van der Waals surface area contributed by atoms with Gasteiger partial charge in [0, 0.05) is 17.6 Å². The summed E-state index contributed by atoms with van der Waals surface area (Å²) in [5, 5.41) is 10.3. The second-order valence-electron chi connectivity index (χ2n) is 7.99. The number of hydrogen-bond donors (Lipinski definition) is 1. The monoisotopic (exact) mass is 490 g/mol. The zero-order valence-electron chi connectivity index (χ0n) is 19.5. The molecule has 36 heavy (non-hydrogen) atoms. The third-order valence-corrected chi connectivity index (χ3v) is 5.90. The van der Waals surface area contributed by atoms with E-state index in [0.717, 1.165) is 0 Å².